The van der Waals surface area contributed by atoms with Crippen LogP contribution < -0.4 is 0 Å². The first-order valence-corrected chi connectivity index (χ1v) is 9.09. The Morgan fingerprint density at radius 3 is 2.62 bits per heavy atom. The summed E-state index contributed by atoms with van der Waals surface area (Å²) in [4.78, 5) is 18.4. The lowest BCUT2D eigenvalue weighted by Gasteiger charge is -2.31. The molecular weight excluding hydrogens is 333 g/mol. The summed E-state index contributed by atoms with van der Waals surface area (Å²) in [5, 5.41) is 0. The van der Waals surface area contributed by atoms with E-state index in [9.17, 15) is 9.18 Å². The molecule has 2 heterocycles. The molecule has 0 N–H and O–H groups in total. The standard InChI is InChI=1S/C20H26FN3O2/c1-15-12-22-19(24(15)13-17-3-5-18(21)6-4-17)11-16-7-9-23(10-8-16)20(25)14-26-2/h3-6,12,16H,7-11,13-14H2,1-2H3. The van der Waals surface area contributed by atoms with E-state index >= 15 is 0 Å². The number of hydrogen-bond donors (Lipinski definition) is 0. The SMILES string of the molecule is COCC(=O)N1CCC(Cc2ncc(C)n2Cc2ccc(F)cc2)CC1. The topological polar surface area (TPSA) is 47.4 Å². The highest BCUT2D eigenvalue weighted by molar-refractivity contribution is 5.77. The van der Waals surface area contributed by atoms with Gasteiger partial charge in [0.15, 0.2) is 0 Å². The molecule has 3 rings (SSSR count). The second kappa shape index (κ2) is 8.45. The van der Waals surface area contributed by atoms with Crippen LogP contribution in [0.15, 0.2) is 30.5 Å². The fourth-order valence-electron chi connectivity index (χ4n) is 3.52. The highest BCUT2D eigenvalue weighted by Gasteiger charge is 2.24. The average Bonchev–Trinajstić information content (AvgIpc) is 2.98. The van der Waals surface area contributed by atoms with Crippen molar-refractivity contribution in [3.05, 3.63) is 53.4 Å². The van der Waals surface area contributed by atoms with Crippen molar-refractivity contribution in [2.24, 2.45) is 5.92 Å². The van der Waals surface area contributed by atoms with Crippen LogP contribution in [0.5, 0.6) is 0 Å². The third-order valence-electron chi connectivity index (χ3n) is 5.10. The van der Waals surface area contributed by atoms with E-state index in [4.69, 9.17) is 4.74 Å². The van der Waals surface area contributed by atoms with Crippen molar-refractivity contribution in [1.29, 1.82) is 0 Å². The maximum atomic E-state index is 13.1. The number of aryl methyl sites for hydroxylation is 1. The summed E-state index contributed by atoms with van der Waals surface area (Å²) in [6.45, 7) is 4.47. The van der Waals surface area contributed by atoms with Crippen molar-refractivity contribution < 1.29 is 13.9 Å². The Morgan fingerprint density at radius 1 is 1.27 bits per heavy atom. The summed E-state index contributed by atoms with van der Waals surface area (Å²) in [6, 6.07) is 6.62. The van der Waals surface area contributed by atoms with Gasteiger partial charge in [0.25, 0.3) is 0 Å². The molecule has 1 aliphatic heterocycles. The van der Waals surface area contributed by atoms with Crippen molar-refractivity contribution in [3.8, 4) is 0 Å². The maximum absolute atomic E-state index is 13.1. The average molecular weight is 359 g/mol. The summed E-state index contributed by atoms with van der Waals surface area (Å²) >= 11 is 0. The van der Waals surface area contributed by atoms with Crippen LogP contribution in [0, 0.1) is 18.7 Å². The van der Waals surface area contributed by atoms with Crippen LogP contribution in [0.1, 0.15) is 29.9 Å². The van der Waals surface area contributed by atoms with Gasteiger partial charge in [0.05, 0.1) is 0 Å². The molecule has 0 unspecified atom stereocenters. The first-order valence-electron chi connectivity index (χ1n) is 9.09. The number of nitrogens with zero attached hydrogens (tertiary/aromatic N) is 3. The first kappa shape index (κ1) is 18.6. The predicted molar refractivity (Wildman–Crippen MR) is 97.4 cm³/mol. The zero-order valence-electron chi connectivity index (χ0n) is 15.4. The number of benzene rings is 1. The number of amides is 1. The third-order valence-corrected chi connectivity index (χ3v) is 5.10. The molecule has 1 amide bonds. The molecule has 0 radical (unpaired) electrons. The van der Waals surface area contributed by atoms with Crippen LogP contribution in [-0.2, 0) is 22.5 Å². The number of piperidine rings is 1. The molecule has 0 spiro atoms. The van der Waals surface area contributed by atoms with E-state index in [1.807, 2.05) is 30.2 Å². The lowest BCUT2D eigenvalue weighted by atomic mass is 9.93. The minimum absolute atomic E-state index is 0.0691. The van der Waals surface area contributed by atoms with E-state index in [2.05, 4.69) is 9.55 Å². The van der Waals surface area contributed by atoms with Gasteiger partial charge in [-0.3, -0.25) is 4.79 Å². The molecule has 6 heteroatoms. The van der Waals surface area contributed by atoms with E-state index < -0.39 is 0 Å². The van der Waals surface area contributed by atoms with Gasteiger partial charge < -0.3 is 14.2 Å². The summed E-state index contributed by atoms with van der Waals surface area (Å²) in [6.07, 6.45) is 4.77. The van der Waals surface area contributed by atoms with Gasteiger partial charge in [-0.15, -0.1) is 0 Å². The Hall–Kier alpha value is -2.21. The highest BCUT2D eigenvalue weighted by Crippen LogP contribution is 2.22. The number of aromatic nitrogens is 2. The molecule has 0 bridgehead atoms. The number of ether oxygens (including phenoxy) is 1. The minimum atomic E-state index is -0.217. The van der Waals surface area contributed by atoms with E-state index in [-0.39, 0.29) is 18.3 Å². The van der Waals surface area contributed by atoms with Gasteiger partial charge >= 0.3 is 0 Å². The molecule has 0 atom stereocenters. The lowest BCUT2D eigenvalue weighted by Crippen LogP contribution is -2.40. The Bertz CT molecular complexity index is 734. The van der Waals surface area contributed by atoms with Crippen molar-refractivity contribution in [2.75, 3.05) is 26.8 Å². The Morgan fingerprint density at radius 2 is 1.96 bits per heavy atom. The monoisotopic (exact) mass is 359 g/mol. The molecule has 1 aliphatic rings. The van der Waals surface area contributed by atoms with E-state index in [0.717, 1.165) is 49.4 Å². The van der Waals surface area contributed by atoms with Crippen LogP contribution >= 0.6 is 0 Å². The molecule has 0 saturated carbocycles. The van der Waals surface area contributed by atoms with Crippen molar-refractivity contribution in [2.45, 2.75) is 32.7 Å². The summed E-state index contributed by atoms with van der Waals surface area (Å²) < 4.78 is 20.3. The Labute approximate surface area is 153 Å². The van der Waals surface area contributed by atoms with Gasteiger partial charge in [-0.05, 0) is 43.4 Å². The van der Waals surface area contributed by atoms with Gasteiger partial charge in [-0.25, -0.2) is 9.37 Å². The normalized spacial score (nSPS) is 15.4. The zero-order valence-corrected chi connectivity index (χ0v) is 15.4. The fraction of sp³-hybridized carbons (Fsp3) is 0.500. The summed E-state index contributed by atoms with van der Waals surface area (Å²) in [5.74, 6) is 1.44. The molecule has 5 nitrogen and oxygen atoms in total. The van der Waals surface area contributed by atoms with Gasteiger partial charge in [0, 0.05) is 45.1 Å². The number of halogens is 1. The molecule has 2 aromatic rings. The predicted octanol–water partition coefficient (Wildman–Crippen LogP) is 2.81. The molecule has 0 aliphatic carbocycles. The van der Waals surface area contributed by atoms with Gasteiger partial charge in [-0.1, -0.05) is 12.1 Å². The van der Waals surface area contributed by atoms with Crippen LogP contribution in [0.3, 0.4) is 0 Å². The van der Waals surface area contributed by atoms with Crippen LogP contribution in [0.25, 0.3) is 0 Å². The molecule has 1 aromatic carbocycles. The van der Waals surface area contributed by atoms with Gasteiger partial charge in [0.2, 0.25) is 5.91 Å². The zero-order chi connectivity index (χ0) is 18.5. The first-order chi connectivity index (χ1) is 12.6. The molecular formula is C20H26FN3O2. The van der Waals surface area contributed by atoms with Crippen LogP contribution in [-0.4, -0.2) is 47.2 Å². The molecule has 1 aromatic heterocycles. The minimum Gasteiger partial charge on any atom is -0.375 e. The number of hydrogen-bond acceptors (Lipinski definition) is 3. The van der Waals surface area contributed by atoms with Crippen LogP contribution in [0.4, 0.5) is 4.39 Å². The second-order valence-corrected chi connectivity index (χ2v) is 6.99. The highest BCUT2D eigenvalue weighted by atomic mass is 19.1. The molecule has 1 saturated heterocycles. The van der Waals surface area contributed by atoms with E-state index in [0.29, 0.717) is 12.5 Å². The Balaban J connectivity index is 1.61. The van der Waals surface area contributed by atoms with Crippen molar-refractivity contribution in [1.82, 2.24) is 14.5 Å². The lowest BCUT2D eigenvalue weighted by molar-refractivity contribution is -0.136. The third kappa shape index (κ3) is 4.49. The van der Waals surface area contributed by atoms with Gasteiger partial charge in [-0.2, -0.15) is 0 Å². The van der Waals surface area contributed by atoms with Crippen LogP contribution in [0.2, 0.25) is 0 Å². The van der Waals surface area contributed by atoms with E-state index in [1.54, 1.807) is 7.11 Å². The number of imidazole rings is 1. The molecule has 26 heavy (non-hydrogen) atoms. The van der Waals surface area contributed by atoms with E-state index in [1.165, 1.54) is 12.1 Å². The number of rotatable bonds is 6. The number of methoxy groups -OCH3 is 1. The molecule has 140 valence electrons. The van der Waals surface area contributed by atoms with Crippen molar-refractivity contribution >= 4 is 5.91 Å². The quantitative estimate of drug-likeness (QED) is 0.797. The Kier molecular flexibility index (Phi) is 6.04. The largest absolute Gasteiger partial charge is 0.375 e. The molecule has 1 fully saturated rings. The maximum Gasteiger partial charge on any atom is 0.248 e. The number of carbonyl (C=O) groups excluding carboxylic acids is 1. The van der Waals surface area contributed by atoms with Gasteiger partial charge in [0.1, 0.15) is 18.2 Å². The number of carbonyl (C=O) groups is 1. The smallest absolute Gasteiger partial charge is 0.248 e. The summed E-state index contributed by atoms with van der Waals surface area (Å²) in [7, 11) is 1.55. The second-order valence-electron chi connectivity index (χ2n) is 6.99. The summed E-state index contributed by atoms with van der Waals surface area (Å²) in [5.41, 5.74) is 2.17. The number of likely N-dealkylation sites (tertiary alicyclic amines) is 1. The fourth-order valence-corrected chi connectivity index (χ4v) is 3.52. The van der Waals surface area contributed by atoms with Crippen molar-refractivity contribution in [3.63, 3.8) is 0 Å².